The number of nitrogens with zero attached hydrogens (tertiary/aromatic N) is 4. The second-order valence-corrected chi connectivity index (χ2v) is 7.98. The van der Waals surface area contributed by atoms with E-state index in [4.69, 9.17) is 9.57 Å². The number of rotatable bonds is 5. The second kappa shape index (κ2) is 8.63. The third-order valence-electron chi connectivity index (χ3n) is 4.83. The molecule has 1 fully saturated rings. The molecule has 1 amide bonds. The van der Waals surface area contributed by atoms with Gasteiger partial charge in [-0.25, -0.2) is 14.8 Å². The van der Waals surface area contributed by atoms with Gasteiger partial charge in [0.1, 0.15) is 6.33 Å². The Bertz CT molecular complexity index is 1070. The van der Waals surface area contributed by atoms with Gasteiger partial charge in [0, 0.05) is 13.1 Å². The van der Waals surface area contributed by atoms with Crippen LogP contribution in [0.2, 0.25) is 0 Å². The van der Waals surface area contributed by atoms with Gasteiger partial charge in [-0.15, -0.1) is 5.06 Å². The molecule has 3 aromatic rings. The number of benzene rings is 1. The molecule has 2 aromatic heterocycles. The van der Waals surface area contributed by atoms with Crippen LogP contribution in [-0.4, -0.2) is 46.3 Å². The van der Waals surface area contributed by atoms with Crippen molar-refractivity contribution in [3.05, 3.63) is 41.7 Å². The summed E-state index contributed by atoms with van der Waals surface area (Å²) in [6.07, 6.45) is -2.30. The Morgan fingerprint density at radius 1 is 1.29 bits per heavy atom. The van der Waals surface area contributed by atoms with E-state index in [0.29, 0.717) is 40.9 Å². The number of halogens is 3. The summed E-state index contributed by atoms with van der Waals surface area (Å²) in [4.78, 5) is 30.4. The number of aromatic nitrogens is 3. The molecule has 0 aliphatic carbocycles. The van der Waals surface area contributed by atoms with Crippen LogP contribution in [-0.2, 0) is 17.4 Å². The number of anilines is 1. The molecule has 0 spiro atoms. The van der Waals surface area contributed by atoms with E-state index in [9.17, 15) is 18.0 Å². The van der Waals surface area contributed by atoms with Gasteiger partial charge in [0.2, 0.25) is 5.88 Å². The van der Waals surface area contributed by atoms with E-state index in [1.54, 1.807) is 0 Å². The summed E-state index contributed by atoms with van der Waals surface area (Å²) in [5.41, 5.74) is 0.597. The van der Waals surface area contributed by atoms with Crippen LogP contribution in [0.5, 0.6) is 5.88 Å². The van der Waals surface area contributed by atoms with Crippen LogP contribution in [0.1, 0.15) is 17.5 Å². The van der Waals surface area contributed by atoms with E-state index in [1.165, 1.54) is 42.0 Å². The number of alkyl halides is 3. The number of hydrogen-bond donors (Lipinski definition) is 1. The third-order valence-corrected chi connectivity index (χ3v) is 5.71. The highest BCUT2D eigenvalue weighted by Crippen LogP contribution is 2.31. The molecular formula is C19H18F3N5O3S. The molecule has 4 rings (SSSR count). The second-order valence-electron chi connectivity index (χ2n) is 7.00. The predicted molar refractivity (Wildman–Crippen MR) is 107 cm³/mol. The number of hydroxylamine groups is 2. The third kappa shape index (κ3) is 5.02. The largest absolute Gasteiger partial charge is 0.479 e. The first kappa shape index (κ1) is 21.2. The molecule has 0 bridgehead atoms. The van der Waals surface area contributed by atoms with E-state index in [1.807, 2.05) is 0 Å². The maximum absolute atomic E-state index is 12.7. The summed E-state index contributed by atoms with van der Waals surface area (Å²) in [6, 6.07) is 5.15. The highest BCUT2D eigenvalue weighted by molar-refractivity contribution is 7.22. The highest BCUT2D eigenvalue weighted by atomic mass is 32.1. The van der Waals surface area contributed by atoms with Crippen molar-refractivity contribution in [2.75, 3.05) is 25.5 Å². The standard InChI is InChI=1S/C19H18F3N5O3S/c1-29-15-14-16(24-10-23-15)31-17(25-14)26-18(28)30-27-7-6-12(9-27)8-11-2-4-13(5-3-11)19(20,21)22/h2-5,10,12H,6-9H2,1H3,(H,25,26,28). The van der Waals surface area contributed by atoms with Crippen LogP contribution in [0.3, 0.4) is 0 Å². The first-order chi connectivity index (χ1) is 14.8. The molecule has 1 aliphatic rings. The van der Waals surface area contributed by atoms with Crippen molar-refractivity contribution in [1.82, 2.24) is 20.0 Å². The van der Waals surface area contributed by atoms with Crippen molar-refractivity contribution < 1.29 is 27.5 Å². The normalized spacial score (nSPS) is 17.1. The van der Waals surface area contributed by atoms with Gasteiger partial charge in [0.25, 0.3) is 0 Å². The molecule has 8 nitrogen and oxygen atoms in total. The van der Waals surface area contributed by atoms with Crippen molar-refractivity contribution in [3.8, 4) is 5.88 Å². The maximum atomic E-state index is 12.7. The molecule has 0 saturated carbocycles. The van der Waals surface area contributed by atoms with Gasteiger partial charge in [0.05, 0.1) is 12.7 Å². The summed E-state index contributed by atoms with van der Waals surface area (Å²) >= 11 is 1.17. The van der Waals surface area contributed by atoms with Crippen LogP contribution in [0, 0.1) is 5.92 Å². The van der Waals surface area contributed by atoms with Crippen molar-refractivity contribution in [1.29, 1.82) is 0 Å². The minimum absolute atomic E-state index is 0.173. The van der Waals surface area contributed by atoms with Gasteiger partial charge in [-0.1, -0.05) is 23.5 Å². The van der Waals surface area contributed by atoms with E-state index < -0.39 is 17.8 Å². The van der Waals surface area contributed by atoms with Gasteiger partial charge in [0.15, 0.2) is 15.5 Å². The van der Waals surface area contributed by atoms with Crippen molar-refractivity contribution >= 4 is 32.9 Å². The molecule has 3 heterocycles. The van der Waals surface area contributed by atoms with Crippen LogP contribution < -0.4 is 10.1 Å². The van der Waals surface area contributed by atoms with Gasteiger partial charge in [-0.05, 0) is 36.5 Å². The van der Waals surface area contributed by atoms with Crippen LogP contribution in [0.4, 0.5) is 23.1 Å². The van der Waals surface area contributed by atoms with Gasteiger partial charge < -0.3 is 9.57 Å². The van der Waals surface area contributed by atoms with Crippen molar-refractivity contribution in [2.24, 2.45) is 5.92 Å². The first-order valence-electron chi connectivity index (χ1n) is 9.37. The van der Waals surface area contributed by atoms with E-state index in [2.05, 4.69) is 20.3 Å². The zero-order valence-electron chi connectivity index (χ0n) is 16.3. The average molecular weight is 453 g/mol. The number of thiazole rings is 1. The minimum atomic E-state index is -4.34. The first-order valence-corrected chi connectivity index (χ1v) is 10.2. The Labute approximate surface area is 179 Å². The van der Waals surface area contributed by atoms with Crippen LogP contribution >= 0.6 is 11.3 Å². The number of methoxy groups -OCH3 is 1. The summed E-state index contributed by atoms with van der Waals surface area (Å²) in [7, 11) is 1.47. The Morgan fingerprint density at radius 2 is 2.06 bits per heavy atom. The Balaban J connectivity index is 1.29. The summed E-state index contributed by atoms with van der Waals surface area (Å²) < 4.78 is 43.1. The van der Waals surface area contributed by atoms with Crippen LogP contribution in [0.15, 0.2) is 30.6 Å². The molecule has 1 atom stereocenters. The topological polar surface area (TPSA) is 89.5 Å². The molecule has 12 heteroatoms. The quantitative estimate of drug-likeness (QED) is 0.621. The van der Waals surface area contributed by atoms with Crippen molar-refractivity contribution in [3.63, 3.8) is 0 Å². The molecule has 1 saturated heterocycles. The van der Waals surface area contributed by atoms with Crippen molar-refractivity contribution in [2.45, 2.75) is 19.0 Å². The molecule has 0 radical (unpaired) electrons. The zero-order valence-corrected chi connectivity index (χ0v) is 17.2. The van der Waals surface area contributed by atoms with E-state index in [-0.39, 0.29) is 5.92 Å². The number of carbonyl (C=O) groups excluding carboxylic acids is 1. The molecule has 1 unspecified atom stereocenters. The average Bonchev–Trinajstić information content (AvgIpc) is 3.33. The lowest BCUT2D eigenvalue weighted by Gasteiger charge is -2.15. The number of fused-ring (bicyclic) bond motifs is 1. The number of nitrogens with one attached hydrogen (secondary N) is 1. The fourth-order valence-electron chi connectivity index (χ4n) is 3.37. The van der Waals surface area contributed by atoms with Crippen LogP contribution in [0.25, 0.3) is 10.3 Å². The van der Waals surface area contributed by atoms with Gasteiger partial charge in [-0.3, -0.25) is 5.32 Å². The molecule has 164 valence electrons. The lowest BCUT2D eigenvalue weighted by Crippen LogP contribution is -2.28. The van der Waals surface area contributed by atoms with E-state index >= 15 is 0 Å². The highest BCUT2D eigenvalue weighted by Gasteiger charge is 2.30. The predicted octanol–water partition coefficient (Wildman–Crippen LogP) is 4.14. The fraction of sp³-hybridized carbons (Fsp3) is 0.368. The lowest BCUT2D eigenvalue weighted by molar-refractivity contribution is -0.137. The summed E-state index contributed by atoms with van der Waals surface area (Å²) in [5.74, 6) is 0.486. The zero-order chi connectivity index (χ0) is 22.0. The molecule has 1 aliphatic heterocycles. The monoisotopic (exact) mass is 453 g/mol. The SMILES string of the molecule is COc1ncnc2sc(NC(=O)ON3CCC(Cc4ccc(C(F)(F)F)cc4)C3)nc12. The Kier molecular flexibility index (Phi) is 5.92. The Morgan fingerprint density at radius 3 is 2.77 bits per heavy atom. The van der Waals surface area contributed by atoms with E-state index in [0.717, 1.165) is 24.1 Å². The molecular weight excluding hydrogens is 435 g/mol. The summed E-state index contributed by atoms with van der Waals surface area (Å²) in [6.45, 7) is 1.03. The molecule has 31 heavy (non-hydrogen) atoms. The smallest absolute Gasteiger partial charge is 0.432 e. The number of amides is 1. The molecule has 1 N–H and O–H groups in total. The number of ether oxygens (including phenoxy) is 1. The van der Waals surface area contributed by atoms with Gasteiger partial charge in [-0.2, -0.15) is 18.2 Å². The van der Waals surface area contributed by atoms with Gasteiger partial charge >= 0.3 is 12.3 Å². The fourth-order valence-corrected chi connectivity index (χ4v) is 4.16. The maximum Gasteiger partial charge on any atom is 0.432 e. The molecule has 1 aromatic carbocycles. The minimum Gasteiger partial charge on any atom is -0.479 e. The number of carbonyl (C=O) groups is 1. The Hall–Kier alpha value is -2.99. The number of hydrogen-bond acceptors (Lipinski definition) is 8. The lowest BCUT2D eigenvalue weighted by atomic mass is 9.98. The summed E-state index contributed by atoms with van der Waals surface area (Å²) in [5, 5.41) is 4.41.